The lowest BCUT2D eigenvalue weighted by molar-refractivity contribution is -0.0745. The molecule has 0 heteroatoms. The van der Waals surface area contributed by atoms with Crippen LogP contribution in [0.5, 0.6) is 0 Å². The van der Waals surface area contributed by atoms with Crippen molar-refractivity contribution in [1.82, 2.24) is 0 Å². The molecule has 0 bridgehead atoms. The van der Waals surface area contributed by atoms with Gasteiger partial charge in [0.1, 0.15) is 0 Å². The van der Waals surface area contributed by atoms with E-state index in [1.807, 2.05) is 0 Å². The standard InChI is InChI=1S/C32H64/c1-13-17-18-19-21-31(11)23-30(9,10)22-20-28(27(15-3)16-4)32(12,25(7)14-2)26(8)29(31)24(5)6/h24-29H,13-23H2,1-12H3. The van der Waals surface area contributed by atoms with Crippen LogP contribution in [0.1, 0.15) is 154 Å². The average Bonchev–Trinajstić information content (AvgIpc) is 2.73. The van der Waals surface area contributed by atoms with Gasteiger partial charge in [0.15, 0.2) is 0 Å². The molecular formula is C32H64. The molecule has 6 atom stereocenters. The minimum Gasteiger partial charge on any atom is -0.0654 e. The van der Waals surface area contributed by atoms with Crippen LogP contribution in [0.2, 0.25) is 0 Å². The van der Waals surface area contributed by atoms with E-state index in [1.54, 1.807) is 0 Å². The Kier molecular flexibility index (Phi) is 11.9. The summed E-state index contributed by atoms with van der Waals surface area (Å²) in [6.07, 6.45) is 15.3. The summed E-state index contributed by atoms with van der Waals surface area (Å²) in [6.45, 7) is 30.8. The summed E-state index contributed by atoms with van der Waals surface area (Å²) in [6, 6.07) is 0. The maximum Gasteiger partial charge on any atom is -0.0241 e. The van der Waals surface area contributed by atoms with E-state index in [-0.39, 0.29) is 0 Å². The Labute approximate surface area is 205 Å². The minimum absolute atomic E-state index is 0.422. The van der Waals surface area contributed by atoms with Crippen LogP contribution >= 0.6 is 0 Å². The van der Waals surface area contributed by atoms with Gasteiger partial charge >= 0.3 is 0 Å². The van der Waals surface area contributed by atoms with E-state index in [9.17, 15) is 0 Å². The molecule has 0 amide bonds. The zero-order chi connectivity index (χ0) is 24.7. The van der Waals surface area contributed by atoms with Crippen LogP contribution in [0.15, 0.2) is 0 Å². The zero-order valence-corrected chi connectivity index (χ0v) is 24.7. The maximum absolute atomic E-state index is 2.75. The molecule has 32 heavy (non-hydrogen) atoms. The van der Waals surface area contributed by atoms with Crippen molar-refractivity contribution in [3.05, 3.63) is 0 Å². The zero-order valence-electron chi connectivity index (χ0n) is 24.7. The molecule has 0 radical (unpaired) electrons. The van der Waals surface area contributed by atoms with E-state index in [0.717, 1.165) is 35.5 Å². The van der Waals surface area contributed by atoms with Gasteiger partial charge in [-0.1, -0.05) is 128 Å². The molecule has 1 saturated carbocycles. The fourth-order valence-electron chi connectivity index (χ4n) is 8.93. The van der Waals surface area contributed by atoms with Crippen molar-refractivity contribution in [3.8, 4) is 0 Å². The molecule has 6 unspecified atom stereocenters. The van der Waals surface area contributed by atoms with E-state index >= 15 is 0 Å². The van der Waals surface area contributed by atoms with Gasteiger partial charge in [0.05, 0.1) is 0 Å². The Morgan fingerprint density at radius 3 is 1.88 bits per heavy atom. The van der Waals surface area contributed by atoms with Crippen LogP contribution in [0.25, 0.3) is 0 Å². The summed E-state index contributed by atoms with van der Waals surface area (Å²) in [5, 5.41) is 0. The molecular weight excluding hydrogens is 384 g/mol. The molecule has 0 aliphatic heterocycles. The number of rotatable bonds is 11. The third-order valence-corrected chi connectivity index (χ3v) is 10.7. The Morgan fingerprint density at radius 1 is 0.812 bits per heavy atom. The quantitative estimate of drug-likeness (QED) is 0.276. The maximum atomic E-state index is 2.75. The molecule has 1 aliphatic rings. The summed E-state index contributed by atoms with van der Waals surface area (Å²) in [5.74, 6) is 4.83. The summed E-state index contributed by atoms with van der Waals surface area (Å²) in [5.41, 5.74) is 1.31. The minimum atomic E-state index is 0.422. The van der Waals surface area contributed by atoms with Crippen molar-refractivity contribution in [2.45, 2.75) is 154 Å². The first kappa shape index (κ1) is 30.0. The normalized spacial score (nSPS) is 34.9. The lowest BCUT2D eigenvalue weighted by atomic mass is 9.49. The summed E-state index contributed by atoms with van der Waals surface area (Å²) in [7, 11) is 0. The second-order valence-corrected chi connectivity index (χ2v) is 13.8. The lowest BCUT2D eigenvalue weighted by Gasteiger charge is -2.56. The van der Waals surface area contributed by atoms with E-state index in [4.69, 9.17) is 0 Å². The van der Waals surface area contributed by atoms with Gasteiger partial charge in [-0.2, -0.15) is 0 Å². The molecule has 0 N–H and O–H groups in total. The second kappa shape index (κ2) is 12.6. The van der Waals surface area contributed by atoms with Crippen molar-refractivity contribution in [2.75, 3.05) is 0 Å². The van der Waals surface area contributed by atoms with Gasteiger partial charge in [-0.05, 0) is 77.4 Å². The largest absolute Gasteiger partial charge is 0.0654 e. The Hall–Kier alpha value is 0. The van der Waals surface area contributed by atoms with Crippen LogP contribution in [-0.2, 0) is 0 Å². The van der Waals surface area contributed by atoms with Crippen LogP contribution in [0.3, 0.4) is 0 Å². The monoisotopic (exact) mass is 449 g/mol. The second-order valence-electron chi connectivity index (χ2n) is 13.8. The smallest absolute Gasteiger partial charge is 0.0241 e. The summed E-state index contributed by atoms with van der Waals surface area (Å²) in [4.78, 5) is 0. The highest BCUT2D eigenvalue weighted by Crippen LogP contribution is 2.61. The SMILES string of the molecule is CCCCCCC1(C)CC(C)(C)CCC(C(CC)CC)C(C)(C(C)CC)C(C)C1C(C)C. The van der Waals surface area contributed by atoms with E-state index in [0.29, 0.717) is 16.2 Å². The number of hydrogen-bond acceptors (Lipinski definition) is 0. The molecule has 0 aromatic rings. The van der Waals surface area contributed by atoms with Crippen molar-refractivity contribution in [3.63, 3.8) is 0 Å². The summed E-state index contributed by atoms with van der Waals surface area (Å²) < 4.78 is 0. The van der Waals surface area contributed by atoms with Crippen molar-refractivity contribution < 1.29 is 0 Å². The highest BCUT2D eigenvalue weighted by Gasteiger charge is 2.53. The van der Waals surface area contributed by atoms with Crippen LogP contribution in [0.4, 0.5) is 0 Å². The fraction of sp³-hybridized carbons (Fsp3) is 1.00. The first-order chi connectivity index (χ1) is 14.8. The molecule has 0 aromatic heterocycles. The summed E-state index contributed by atoms with van der Waals surface area (Å²) >= 11 is 0. The van der Waals surface area contributed by atoms with Crippen LogP contribution in [-0.4, -0.2) is 0 Å². The predicted octanol–water partition coefficient (Wildman–Crippen LogP) is 11.2. The molecule has 0 aromatic carbocycles. The molecule has 0 saturated heterocycles. The Balaban J connectivity index is 3.64. The molecule has 0 nitrogen and oxygen atoms in total. The highest BCUT2D eigenvalue weighted by atomic mass is 14.6. The van der Waals surface area contributed by atoms with Crippen LogP contribution < -0.4 is 0 Å². The van der Waals surface area contributed by atoms with Gasteiger partial charge in [-0.15, -0.1) is 0 Å². The van der Waals surface area contributed by atoms with Gasteiger partial charge in [-0.25, -0.2) is 0 Å². The van der Waals surface area contributed by atoms with Gasteiger partial charge in [0.25, 0.3) is 0 Å². The Bertz CT molecular complexity index is 512. The van der Waals surface area contributed by atoms with Gasteiger partial charge < -0.3 is 0 Å². The predicted molar refractivity (Wildman–Crippen MR) is 147 cm³/mol. The number of unbranched alkanes of at least 4 members (excludes halogenated alkanes) is 3. The van der Waals surface area contributed by atoms with E-state index < -0.39 is 0 Å². The molecule has 1 rings (SSSR count). The fourth-order valence-corrected chi connectivity index (χ4v) is 8.93. The van der Waals surface area contributed by atoms with Gasteiger partial charge in [0.2, 0.25) is 0 Å². The van der Waals surface area contributed by atoms with E-state index in [2.05, 4.69) is 83.1 Å². The third-order valence-electron chi connectivity index (χ3n) is 10.7. The number of hydrogen-bond donors (Lipinski definition) is 0. The van der Waals surface area contributed by atoms with Crippen LogP contribution in [0, 0.1) is 51.8 Å². The Morgan fingerprint density at radius 2 is 1.41 bits per heavy atom. The van der Waals surface area contributed by atoms with Crippen molar-refractivity contribution >= 4 is 0 Å². The lowest BCUT2D eigenvalue weighted by Crippen LogP contribution is -2.49. The molecule has 1 aliphatic carbocycles. The molecule has 1 fully saturated rings. The highest BCUT2D eigenvalue weighted by molar-refractivity contribution is 5.02. The average molecular weight is 449 g/mol. The van der Waals surface area contributed by atoms with Crippen molar-refractivity contribution in [2.24, 2.45) is 51.8 Å². The molecule has 192 valence electrons. The van der Waals surface area contributed by atoms with Gasteiger partial charge in [-0.3, -0.25) is 0 Å². The first-order valence-electron chi connectivity index (χ1n) is 14.8. The van der Waals surface area contributed by atoms with Crippen molar-refractivity contribution in [1.29, 1.82) is 0 Å². The van der Waals surface area contributed by atoms with E-state index in [1.165, 1.54) is 70.6 Å². The van der Waals surface area contributed by atoms with Gasteiger partial charge in [0, 0.05) is 0 Å². The first-order valence-corrected chi connectivity index (χ1v) is 14.8. The molecule has 0 spiro atoms. The third kappa shape index (κ3) is 6.78. The molecule has 0 heterocycles. The topological polar surface area (TPSA) is 0 Å².